The summed E-state index contributed by atoms with van der Waals surface area (Å²) in [5, 5.41) is 0. The molecular weight excluding hydrogens is 226 g/mol. The standard InChI is InChI=1S/C15H31NS/c1-4-8-15(13-17,9-5-2)12-16-10-6-7-14(3)11-16/h14,17H,4-13H2,1-3H3. The van der Waals surface area contributed by atoms with Crippen molar-refractivity contribution in [2.45, 2.75) is 59.3 Å². The molecule has 1 nitrogen and oxygen atoms in total. The van der Waals surface area contributed by atoms with Gasteiger partial charge in [0.25, 0.3) is 0 Å². The van der Waals surface area contributed by atoms with E-state index in [-0.39, 0.29) is 0 Å². The third-order valence-electron chi connectivity index (χ3n) is 4.20. The Hall–Kier alpha value is 0.310. The molecule has 0 N–H and O–H groups in total. The van der Waals surface area contributed by atoms with Crippen molar-refractivity contribution < 1.29 is 0 Å². The van der Waals surface area contributed by atoms with Gasteiger partial charge in [-0.05, 0) is 49.3 Å². The van der Waals surface area contributed by atoms with Gasteiger partial charge in [-0.1, -0.05) is 33.6 Å². The van der Waals surface area contributed by atoms with Crippen LogP contribution in [0.3, 0.4) is 0 Å². The molecule has 0 saturated carbocycles. The summed E-state index contributed by atoms with van der Waals surface area (Å²) >= 11 is 4.66. The number of piperidine rings is 1. The van der Waals surface area contributed by atoms with E-state index in [1.807, 2.05) is 0 Å². The molecule has 1 saturated heterocycles. The van der Waals surface area contributed by atoms with E-state index in [1.165, 1.54) is 58.2 Å². The Balaban J connectivity index is 2.57. The van der Waals surface area contributed by atoms with Gasteiger partial charge in [-0.3, -0.25) is 0 Å². The lowest BCUT2D eigenvalue weighted by Gasteiger charge is -2.40. The molecule has 0 bridgehead atoms. The maximum atomic E-state index is 4.66. The fraction of sp³-hybridized carbons (Fsp3) is 1.00. The third kappa shape index (κ3) is 4.82. The predicted molar refractivity (Wildman–Crippen MR) is 80.9 cm³/mol. The average Bonchev–Trinajstić information content (AvgIpc) is 2.29. The van der Waals surface area contributed by atoms with Gasteiger partial charge < -0.3 is 4.90 Å². The zero-order chi connectivity index (χ0) is 12.7. The van der Waals surface area contributed by atoms with Crippen molar-refractivity contribution in [3.8, 4) is 0 Å². The molecule has 0 aromatic rings. The van der Waals surface area contributed by atoms with Crippen LogP contribution in [0, 0.1) is 11.3 Å². The highest BCUT2D eigenvalue weighted by Gasteiger charge is 2.30. The Morgan fingerprint density at radius 1 is 1.24 bits per heavy atom. The Morgan fingerprint density at radius 3 is 2.35 bits per heavy atom. The van der Waals surface area contributed by atoms with Crippen molar-refractivity contribution in [3.63, 3.8) is 0 Å². The molecule has 1 rings (SSSR count). The van der Waals surface area contributed by atoms with E-state index in [0.717, 1.165) is 11.7 Å². The molecule has 1 atom stereocenters. The Bertz CT molecular complexity index is 199. The Kier molecular flexibility index (Phi) is 6.94. The third-order valence-corrected chi connectivity index (χ3v) is 4.87. The molecule has 0 amide bonds. The molecular formula is C15H31NS. The summed E-state index contributed by atoms with van der Waals surface area (Å²) in [6.07, 6.45) is 8.09. The van der Waals surface area contributed by atoms with Gasteiger partial charge in [-0.25, -0.2) is 0 Å². The Labute approximate surface area is 114 Å². The first-order valence-electron chi connectivity index (χ1n) is 7.49. The number of nitrogens with zero attached hydrogens (tertiary/aromatic N) is 1. The first kappa shape index (κ1) is 15.4. The SMILES string of the molecule is CCCC(CS)(CCC)CN1CCCC(C)C1. The van der Waals surface area contributed by atoms with Gasteiger partial charge in [0, 0.05) is 13.1 Å². The maximum absolute atomic E-state index is 4.66. The van der Waals surface area contributed by atoms with Crippen LogP contribution in [0.15, 0.2) is 0 Å². The van der Waals surface area contributed by atoms with Crippen LogP contribution < -0.4 is 0 Å². The summed E-state index contributed by atoms with van der Waals surface area (Å²) in [6.45, 7) is 10.9. The lowest BCUT2D eigenvalue weighted by molar-refractivity contribution is 0.106. The normalized spacial score (nSPS) is 22.9. The second-order valence-electron chi connectivity index (χ2n) is 6.14. The monoisotopic (exact) mass is 257 g/mol. The van der Waals surface area contributed by atoms with Crippen LogP contribution in [0.2, 0.25) is 0 Å². The molecule has 102 valence electrons. The zero-order valence-electron chi connectivity index (χ0n) is 12.0. The molecule has 1 heterocycles. The number of rotatable bonds is 7. The lowest BCUT2D eigenvalue weighted by atomic mass is 9.80. The van der Waals surface area contributed by atoms with Gasteiger partial charge in [0.15, 0.2) is 0 Å². The van der Waals surface area contributed by atoms with Crippen molar-refractivity contribution in [2.24, 2.45) is 11.3 Å². The molecule has 0 aliphatic carbocycles. The van der Waals surface area contributed by atoms with Crippen molar-refractivity contribution in [1.29, 1.82) is 0 Å². The van der Waals surface area contributed by atoms with E-state index >= 15 is 0 Å². The van der Waals surface area contributed by atoms with E-state index in [0.29, 0.717) is 5.41 Å². The summed E-state index contributed by atoms with van der Waals surface area (Å²) in [7, 11) is 0. The minimum Gasteiger partial charge on any atom is -0.302 e. The number of likely N-dealkylation sites (tertiary alicyclic amines) is 1. The second kappa shape index (κ2) is 7.68. The average molecular weight is 257 g/mol. The summed E-state index contributed by atoms with van der Waals surface area (Å²) in [6, 6.07) is 0. The maximum Gasteiger partial charge on any atom is 0.00459 e. The fourth-order valence-electron chi connectivity index (χ4n) is 3.46. The minimum absolute atomic E-state index is 0.476. The van der Waals surface area contributed by atoms with E-state index in [2.05, 4.69) is 38.3 Å². The van der Waals surface area contributed by atoms with Crippen LogP contribution in [-0.4, -0.2) is 30.3 Å². The van der Waals surface area contributed by atoms with Crippen molar-refractivity contribution >= 4 is 12.6 Å². The van der Waals surface area contributed by atoms with Crippen molar-refractivity contribution in [1.82, 2.24) is 4.90 Å². The summed E-state index contributed by atoms with van der Waals surface area (Å²) in [5.41, 5.74) is 0.476. The van der Waals surface area contributed by atoms with E-state index in [9.17, 15) is 0 Å². The highest BCUT2D eigenvalue weighted by molar-refractivity contribution is 7.80. The topological polar surface area (TPSA) is 3.24 Å². The fourth-order valence-corrected chi connectivity index (χ4v) is 3.87. The van der Waals surface area contributed by atoms with E-state index < -0.39 is 0 Å². The molecule has 0 aromatic carbocycles. The summed E-state index contributed by atoms with van der Waals surface area (Å²) in [5.74, 6) is 1.95. The van der Waals surface area contributed by atoms with E-state index in [4.69, 9.17) is 0 Å². The molecule has 1 aliphatic rings. The second-order valence-corrected chi connectivity index (χ2v) is 6.46. The molecule has 17 heavy (non-hydrogen) atoms. The predicted octanol–water partition coefficient (Wildman–Crippen LogP) is 4.23. The first-order chi connectivity index (χ1) is 8.15. The summed E-state index contributed by atoms with van der Waals surface area (Å²) in [4.78, 5) is 2.70. The lowest BCUT2D eigenvalue weighted by Crippen LogP contribution is -2.43. The molecule has 2 heteroatoms. The Morgan fingerprint density at radius 2 is 1.88 bits per heavy atom. The molecule has 1 aliphatic heterocycles. The van der Waals surface area contributed by atoms with Crippen LogP contribution >= 0.6 is 12.6 Å². The number of hydrogen-bond donors (Lipinski definition) is 1. The molecule has 0 aromatic heterocycles. The first-order valence-corrected chi connectivity index (χ1v) is 8.12. The smallest absolute Gasteiger partial charge is 0.00459 e. The van der Waals surface area contributed by atoms with Crippen molar-refractivity contribution in [2.75, 3.05) is 25.4 Å². The number of hydrogen-bond acceptors (Lipinski definition) is 2. The minimum atomic E-state index is 0.476. The van der Waals surface area contributed by atoms with Gasteiger partial charge in [-0.2, -0.15) is 12.6 Å². The van der Waals surface area contributed by atoms with Crippen LogP contribution in [-0.2, 0) is 0 Å². The largest absolute Gasteiger partial charge is 0.302 e. The van der Waals surface area contributed by atoms with Gasteiger partial charge in [0.05, 0.1) is 0 Å². The number of thiol groups is 1. The van der Waals surface area contributed by atoms with Gasteiger partial charge in [-0.15, -0.1) is 0 Å². The quantitative estimate of drug-likeness (QED) is 0.668. The zero-order valence-corrected chi connectivity index (χ0v) is 12.9. The van der Waals surface area contributed by atoms with Gasteiger partial charge in [0.1, 0.15) is 0 Å². The van der Waals surface area contributed by atoms with E-state index in [1.54, 1.807) is 0 Å². The summed E-state index contributed by atoms with van der Waals surface area (Å²) < 4.78 is 0. The molecule has 0 spiro atoms. The van der Waals surface area contributed by atoms with Crippen LogP contribution in [0.1, 0.15) is 59.3 Å². The highest BCUT2D eigenvalue weighted by Crippen LogP contribution is 2.33. The molecule has 1 fully saturated rings. The van der Waals surface area contributed by atoms with Gasteiger partial charge in [0.2, 0.25) is 0 Å². The molecule has 0 radical (unpaired) electrons. The van der Waals surface area contributed by atoms with Crippen LogP contribution in [0.4, 0.5) is 0 Å². The highest BCUT2D eigenvalue weighted by atomic mass is 32.1. The van der Waals surface area contributed by atoms with Crippen molar-refractivity contribution in [3.05, 3.63) is 0 Å². The van der Waals surface area contributed by atoms with Crippen LogP contribution in [0.25, 0.3) is 0 Å². The van der Waals surface area contributed by atoms with Crippen LogP contribution in [0.5, 0.6) is 0 Å². The van der Waals surface area contributed by atoms with Gasteiger partial charge >= 0.3 is 0 Å². The molecule has 1 unspecified atom stereocenters.